The van der Waals surface area contributed by atoms with Gasteiger partial charge in [-0.25, -0.2) is 0 Å². The van der Waals surface area contributed by atoms with Gasteiger partial charge in [-0.2, -0.15) is 48.5 Å². The Morgan fingerprint density at radius 2 is 1.10 bits per heavy atom. The fourth-order valence-electron chi connectivity index (χ4n) is 1.85. The van der Waals surface area contributed by atoms with Gasteiger partial charge in [0, 0.05) is 10.8 Å². The van der Waals surface area contributed by atoms with E-state index in [-0.39, 0.29) is 44.4 Å². The number of para-hydroxylation sites is 2. The molecule has 2 rings (SSSR count). The van der Waals surface area contributed by atoms with Crippen LogP contribution in [0.25, 0.3) is 0 Å². The fraction of sp³-hybridized carbons (Fsp3) is 0.417. The zero-order chi connectivity index (χ0) is 21.2. The first kappa shape index (κ1) is 27.1. The summed E-state index contributed by atoms with van der Waals surface area (Å²) in [6, 6.07) is 20.7. The molecule has 0 bridgehead atoms. The Morgan fingerprint density at radius 3 is 1.34 bits per heavy atom. The summed E-state index contributed by atoms with van der Waals surface area (Å²) in [7, 11) is 0. The van der Waals surface area contributed by atoms with Gasteiger partial charge < -0.3 is 10.6 Å². The summed E-state index contributed by atoms with van der Waals surface area (Å²) >= 11 is 0. The Balaban J connectivity index is 0.000000523. The molecule has 2 N–H and O–H groups in total. The molecule has 0 saturated heterocycles. The van der Waals surface area contributed by atoms with Crippen LogP contribution in [0.15, 0.2) is 48.5 Å². The molecule has 0 spiro atoms. The van der Waals surface area contributed by atoms with E-state index in [9.17, 15) is 9.59 Å². The molecular formula is C24H32N2O2Ti. The summed E-state index contributed by atoms with van der Waals surface area (Å²) < 4.78 is 0. The minimum atomic E-state index is -0.316. The predicted octanol–water partition coefficient (Wildman–Crippen LogP) is 5.72. The maximum atomic E-state index is 11.7. The third kappa shape index (κ3) is 9.42. The van der Waals surface area contributed by atoms with Gasteiger partial charge >= 0.3 is 21.7 Å². The Kier molecular flexibility index (Phi) is 11.8. The SMILES string of the molecule is CCC(C)(C)C(=O)Nc1[c-]cccc1.CCC(C)(C)C(=O)Nc1[c-]cccc1.[Ti+2]. The Bertz CT molecular complexity index is 678. The van der Waals surface area contributed by atoms with Crippen LogP contribution in [0.3, 0.4) is 0 Å². The Hall–Kier alpha value is -1.91. The molecule has 0 unspecified atom stereocenters. The van der Waals surface area contributed by atoms with Crippen molar-refractivity contribution in [1.29, 1.82) is 0 Å². The number of amides is 2. The van der Waals surface area contributed by atoms with Crippen molar-refractivity contribution in [2.24, 2.45) is 10.8 Å². The van der Waals surface area contributed by atoms with E-state index in [1.165, 1.54) is 0 Å². The van der Waals surface area contributed by atoms with E-state index < -0.39 is 0 Å². The second-order valence-corrected chi connectivity index (χ2v) is 7.94. The summed E-state index contributed by atoms with van der Waals surface area (Å²) in [6.07, 6.45) is 1.65. The standard InChI is InChI=1S/2C12H16NO.Ti/c2*1-4-12(2,3)11(14)13-10-8-6-5-7-9-10;/h2*5-8H,4H2,1-3H3,(H,13,14);/q2*-1;+2. The molecule has 0 heterocycles. The molecule has 4 nitrogen and oxygen atoms in total. The zero-order valence-electron chi connectivity index (χ0n) is 18.3. The van der Waals surface area contributed by atoms with Crippen LogP contribution in [0.2, 0.25) is 0 Å². The zero-order valence-corrected chi connectivity index (χ0v) is 19.9. The van der Waals surface area contributed by atoms with Crippen LogP contribution in [0.1, 0.15) is 54.4 Å². The molecule has 154 valence electrons. The van der Waals surface area contributed by atoms with Crippen LogP contribution in [-0.4, -0.2) is 11.8 Å². The summed E-state index contributed by atoms with van der Waals surface area (Å²) in [4.78, 5) is 23.5. The number of nitrogens with one attached hydrogen (secondary N) is 2. The van der Waals surface area contributed by atoms with E-state index in [1.54, 1.807) is 12.1 Å². The van der Waals surface area contributed by atoms with Gasteiger partial charge in [-0.05, 0) is 12.8 Å². The van der Waals surface area contributed by atoms with Gasteiger partial charge in [0.2, 0.25) is 11.8 Å². The van der Waals surface area contributed by atoms with Gasteiger partial charge in [0.15, 0.2) is 0 Å². The number of carbonyl (C=O) groups excluding carboxylic acids is 2. The Morgan fingerprint density at radius 1 is 0.759 bits per heavy atom. The van der Waals surface area contributed by atoms with Crippen LogP contribution < -0.4 is 10.6 Å². The van der Waals surface area contributed by atoms with Gasteiger partial charge in [0.25, 0.3) is 0 Å². The summed E-state index contributed by atoms with van der Waals surface area (Å²) in [6.45, 7) is 11.8. The number of hydrogen-bond donors (Lipinski definition) is 2. The fourth-order valence-corrected chi connectivity index (χ4v) is 1.85. The largest absolute Gasteiger partial charge is 2.00 e. The molecule has 0 aliphatic rings. The van der Waals surface area contributed by atoms with Gasteiger partial charge in [0.1, 0.15) is 0 Å². The van der Waals surface area contributed by atoms with Crippen molar-refractivity contribution in [2.45, 2.75) is 54.4 Å². The predicted molar refractivity (Wildman–Crippen MR) is 116 cm³/mol. The molecule has 0 aromatic heterocycles. The van der Waals surface area contributed by atoms with Gasteiger partial charge in [-0.1, -0.05) is 52.9 Å². The maximum absolute atomic E-state index is 11.7. The van der Waals surface area contributed by atoms with Crippen LogP contribution in [0.4, 0.5) is 11.4 Å². The van der Waals surface area contributed by atoms with Crippen LogP contribution in [0, 0.1) is 23.0 Å². The first-order valence-electron chi connectivity index (χ1n) is 9.68. The van der Waals surface area contributed by atoms with Crippen LogP contribution >= 0.6 is 0 Å². The number of rotatable bonds is 6. The monoisotopic (exact) mass is 428 g/mol. The molecule has 0 radical (unpaired) electrons. The van der Waals surface area contributed by atoms with Crippen molar-refractivity contribution in [2.75, 3.05) is 10.6 Å². The van der Waals surface area contributed by atoms with Crippen molar-refractivity contribution in [3.05, 3.63) is 60.7 Å². The van der Waals surface area contributed by atoms with E-state index in [2.05, 4.69) is 22.8 Å². The van der Waals surface area contributed by atoms with Crippen molar-refractivity contribution >= 4 is 23.2 Å². The van der Waals surface area contributed by atoms with Crippen LogP contribution in [-0.2, 0) is 31.3 Å². The van der Waals surface area contributed by atoms with Crippen molar-refractivity contribution in [3.63, 3.8) is 0 Å². The third-order valence-electron chi connectivity index (χ3n) is 4.91. The smallest absolute Gasteiger partial charge is 0.349 e. The molecule has 29 heavy (non-hydrogen) atoms. The second-order valence-electron chi connectivity index (χ2n) is 7.94. The van der Waals surface area contributed by atoms with Gasteiger partial charge in [0.05, 0.1) is 0 Å². The van der Waals surface area contributed by atoms with Crippen molar-refractivity contribution < 1.29 is 31.3 Å². The normalized spacial score (nSPS) is 10.7. The van der Waals surface area contributed by atoms with E-state index >= 15 is 0 Å². The van der Waals surface area contributed by atoms with E-state index in [4.69, 9.17) is 0 Å². The molecule has 0 aliphatic carbocycles. The number of carbonyl (C=O) groups is 2. The minimum Gasteiger partial charge on any atom is -0.349 e. The Labute approximate surface area is 190 Å². The average Bonchev–Trinajstić information content (AvgIpc) is 2.70. The summed E-state index contributed by atoms with van der Waals surface area (Å²) in [5.74, 6) is 0.0879. The molecule has 0 fully saturated rings. The second kappa shape index (κ2) is 12.6. The quantitative estimate of drug-likeness (QED) is 0.457. The molecule has 5 heteroatoms. The van der Waals surface area contributed by atoms with E-state index in [1.807, 2.05) is 77.9 Å². The topological polar surface area (TPSA) is 58.2 Å². The van der Waals surface area contributed by atoms with Gasteiger partial charge in [-0.15, -0.1) is 12.1 Å². The summed E-state index contributed by atoms with van der Waals surface area (Å²) in [5.41, 5.74) is 0.839. The molecule has 2 aromatic rings. The van der Waals surface area contributed by atoms with Crippen molar-refractivity contribution in [1.82, 2.24) is 0 Å². The van der Waals surface area contributed by atoms with Crippen molar-refractivity contribution in [3.8, 4) is 0 Å². The number of anilines is 2. The average molecular weight is 428 g/mol. The van der Waals surface area contributed by atoms with E-state index in [0.717, 1.165) is 24.2 Å². The molecule has 2 aromatic carbocycles. The molecule has 0 aliphatic heterocycles. The maximum Gasteiger partial charge on any atom is 2.00 e. The van der Waals surface area contributed by atoms with E-state index in [0.29, 0.717) is 0 Å². The molecule has 0 atom stereocenters. The molecular weight excluding hydrogens is 396 g/mol. The third-order valence-corrected chi connectivity index (χ3v) is 4.91. The first-order chi connectivity index (χ1) is 13.1. The molecule has 2 amide bonds. The first-order valence-corrected chi connectivity index (χ1v) is 9.68. The van der Waals surface area contributed by atoms with Crippen LogP contribution in [0.5, 0.6) is 0 Å². The summed E-state index contributed by atoms with van der Waals surface area (Å²) in [5, 5.41) is 5.68. The number of hydrogen-bond acceptors (Lipinski definition) is 2. The van der Waals surface area contributed by atoms with Gasteiger partial charge in [-0.3, -0.25) is 9.59 Å². The number of benzene rings is 2. The minimum absolute atomic E-state index is 0. The molecule has 0 saturated carbocycles.